The number of nitrogens with zero attached hydrogens (tertiary/aromatic N) is 3. The molecule has 0 bridgehead atoms. The summed E-state index contributed by atoms with van der Waals surface area (Å²) >= 11 is 0. The first-order valence-electron chi connectivity index (χ1n) is 14.3. The molecule has 5 nitrogen and oxygen atoms in total. The molecule has 1 aliphatic carbocycles. The fourth-order valence-corrected chi connectivity index (χ4v) is 6.59. The van der Waals surface area contributed by atoms with Gasteiger partial charge in [0.15, 0.2) is 0 Å². The van der Waals surface area contributed by atoms with E-state index in [-0.39, 0.29) is 29.6 Å². The van der Waals surface area contributed by atoms with Gasteiger partial charge in [-0.3, -0.25) is 9.59 Å². The minimum atomic E-state index is -0.300. The quantitative estimate of drug-likeness (QED) is 0.394. The molecule has 0 saturated carbocycles. The first-order valence-corrected chi connectivity index (χ1v) is 14.3. The fourth-order valence-electron chi connectivity index (χ4n) is 6.59. The van der Waals surface area contributed by atoms with Crippen molar-refractivity contribution >= 4 is 23.6 Å². The van der Waals surface area contributed by atoms with Crippen LogP contribution in [-0.2, 0) is 21.5 Å². The molecule has 3 aromatic carbocycles. The summed E-state index contributed by atoms with van der Waals surface area (Å²) in [6, 6.07) is 28.8. The fraction of sp³-hybridized carbons (Fsp3) is 0.353. The highest BCUT2D eigenvalue weighted by atomic mass is 16.2. The molecule has 200 valence electrons. The Labute approximate surface area is 231 Å². The van der Waals surface area contributed by atoms with Gasteiger partial charge in [-0.2, -0.15) is 0 Å². The molecule has 39 heavy (non-hydrogen) atoms. The van der Waals surface area contributed by atoms with Crippen molar-refractivity contribution < 1.29 is 9.59 Å². The van der Waals surface area contributed by atoms with Gasteiger partial charge in [-0.05, 0) is 67.7 Å². The van der Waals surface area contributed by atoms with Crippen LogP contribution in [0.3, 0.4) is 0 Å². The van der Waals surface area contributed by atoms with Gasteiger partial charge in [0, 0.05) is 37.2 Å². The number of rotatable bonds is 8. The molecule has 3 aromatic rings. The summed E-state index contributed by atoms with van der Waals surface area (Å²) in [7, 11) is 0. The molecule has 0 N–H and O–H groups in total. The summed E-state index contributed by atoms with van der Waals surface area (Å²) in [6.07, 6.45) is 8.21. The summed E-state index contributed by atoms with van der Waals surface area (Å²) in [4.78, 5) is 32.9. The van der Waals surface area contributed by atoms with Crippen molar-refractivity contribution in [1.82, 2.24) is 9.80 Å². The van der Waals surface area contributed by atoms with Crippen molar-refractivity contribution in [2.75, 3.05) is 37.6 Å². The van der Waals surface area contributed by atoms with E-state index in [1.54, 1.807) is 0 Å². The molecular formula is C34H37N3O2. The van der Waals surface area contributed by atoms with Gasteiger partial charge in [0.05, 0.1) is 5.92 Å². The second kappa shape index (κ2) is 11.2. The molecule has 2 saturated heterocycles. The van der Waals surface area contributed by atoms with Gasteiger partial charge in [-0.1, -0.05) is 84.9 Å². The van der Waals surface area contributed by atoms with E-state index in [1.165, 1.54) is 11.1 Å². The van der Waals surface area contributed by atoms with Crippen LogP contribution in [0.1, 0.15) is 42.4 Å². The molecule has 1 atom stereocenters. The summed E-state index contributed by atoms with van der Waals surface area (Å²) in [5, 5.41) is 0. The zero-order valence-electron chi connectivity index (χ0n) is 22.5. The number of benzene rings is 3. The number of allylic oxidation sites excluding steroid dienone is 1. The molecule has 2 fully saturated rings. The Bertz CT molecular complexity index is 1330. The van der Waals surface area contributed by atoms with E-state index < -0.39 is 0 Å². The molecule has 1 spiro atoms. The van der Waals surface area contributed by atoms with E-state index >= 15 is 0 Å². The Kier molecular flexibility index (Phi) is 7.34. The maximum atomic E-state index is 13.8. The van der Waals surface area contributed by atoms with Crippen LogP contribution in [0.5, 0.6) is 0 Å². The molecule has 0 aromatic heterocycles. The Morgan fingerprint density at radius 1 is 0.897 bits per heavy atom. The minimum absolute atomic E-state index is 0.0648. The number of piperidine rings is 1. The number of para-hydroxylation sites is 1. The van der Waals surface area contributed by atoms with Gasteiger partial charge in [0.1, 0.15) is 0 Å². The third-order valence-corrected chi connectivity index (χ3v) is 8.80. The number of carbonyl (C=O) groups is 2. The highest BCUT2D eigenvalue weighted by molar-refractivity contribution is 5.99. The lowest BCUT2D eigenvalue weighted by Crippen LogP contribution is -2.43. The largest absolute Gasteiger partial charge is 0.338 e. The summed E-state index contributed by atoms with van der Waals surface area (Å²) in [5.41, 5.74) is 5.06. The van der Waals surface area contributed by atoms with E-state index in [0.717, 1.165) is 50.1 Å². The van der Waals surface area contributed by atoms with Crippen LogP contribution in [0.2, 0.25) is 0 Å². The predicted molar refractivity (Wildman–Crippen MR) is 156 cm³/mol. The summed E-state index contributed by atoms with van der Waals surface area (Å²) in [5.74, 6) is -0.170. The van der Waals surface area contributed by atoms with Gasteiger partial charge in [0.25, 0.3) is 0 Å². The topological polar surface area (TPSA) is 43.9 Å². The summed E-state index contributed by atoms with van der Waals surface area (Å²) < 4.78 is 0. The molecule has 2 amide bonds. The highest BCUT2D eigenvalue weighted by Crippen LogP contribution is 2.43. The maximum Gasteiger partial charge on any atom is 0.232 e. The maximum absolute atomic E-state index is 13.8. The van der Waals surface area contributed by atoms with Crippen molar-refractivity contribution in [3.05, 3.63) is 108 Å². The number of carbonyl (C=O) groups excluding carboxylic acids is 2. The first kappa shape index (κ1) is 25.6. The van der Waals surface area contributed by atoms with Crippen LogP contribution >= 0.6 is 0 Å². The van der Waals surface area contributed by atoms with E-state index in [9.17, 15) is 9.59 Å². The average molecular weight is 520 g/mol. The normalized spacial score (nSPS) is 19.9. The van der Waals surface area contributed by atoms with Crippen LogP contribution in [0.15, 0.2) is 91.0 Å². The molecule has 2 aliphatic heterocycles. The SMILES string of the molecule is O=C1CC(C(=O)N(CCCN2CCC3(C=Cc4ccccc43)CC2)c2ccccc2)CN1Cc1ccccc1. The first-order chi connectivity index (χ1) is 19.1. The lowest BCUT2D eigenvalue weighted by molar-refractivity contribution is -0.128. The predicted octanol–water partition coefficient (Wildman–Crippen LogP) is 5.52. The number of anilines is 1. The van der Waals surface area contributed by atoms with E-state index in [2.05, 4.69) is 41.3 Å². The number of likely N-dealkylation sites (tertiary alicyclic amines) is 2. The van der Waals surface area contributed by atoms with Crippen molar-refractivity contribution in [2.24, 2.45) is 5.92 Å². The molecule has 1 unspecified atom stereocenters. The summed E-state index contributed by atoms with van der Waals surface area (Å²) in [6.45, 7) is 4.83. The zero-order chi connectivity index (χ0) is 26.7. The molecule has 6 rings (SSSR count). The van der Waals surface area contributed by atoms with Gasteiger partial charge in [-0.15, -0.1) is 0 Å². The van der Waals surface area contributed by atoms with Gasteiger partial charge >= 0.3 is 0 Å². The number of hydrogen-bond acceptors (Lipinski definition) is 3. The van der Waals surface area contributed by atoms with Crippen molar-refractivity contribution in [1.29, 1.82) is 0 Å². The zero-order valence-corrected chi connectivity index (χ0v) is 22.5. The second-order valence-electron chi connectivity index (χ2n) is 11.3. The molecule has 5 heteroatoms. The lowest BCUT2D eigenvalue weighted by Gasteiger charge is -2.39. The molecular weight excluding hydrogens is 482 g/mol. The minimum Gasteiger partial charge on any atom is -0.338 e. The van der Waals surface area contributed by atoms with Gasteiger partial charge < -0.3 is 14.7 Å². The van der Waals surface area contributed by atoms with Crippen molar-refractivity contribution in [3.8, 4) is 0 Å². The molecule has 0 radical (unpaired) electrons. The Balaban J connectivity index is 1.06. The van der Waals surface area contributed by atoms with Crippen LogP contribution in [0, 0.1) is 5.92 Å². The smallest absolute Gasteiger partial charge is 0.232 e. The Morgan fingerprint density at radius 3 is 2.36 bits per heavy atom. The third-order valence-electron chi connectivity index (χ3n) is 8.80. The van der Waals surface area contributed by atoms with Gasteiger partial charge in [-0.25, -0.2) is 0 Å². The third kappa shape index (κ3) is 5.41. The molecule has 2 heterocycles. The number of amides is 2. The van der Waals surface area contributed by atoms with E-state index in [0.29, 0.717) is 19.6 Å². The standard InChI is InChI=1S/C34H37N3O2/c38-32-24-29(26-36(32)25-27-10-3-1-4-11-27)33(39)37(30-13-5-2-6-14-30)21-9-20-35-22-18-34(19-23-35)17-16-28-12-7-8-15-31(28)34/h1-8,10-17,29H,9,18-26H2. The van der Waals surface area contributed by atoms with Crippen molar-refractivity contribution in [3.63, 3.8) is 0 Å². The highest BCUT2D eigenvalue weighted by Gasteiger charge is 2.39. The van der Waals surface area contributed by atoms with Gasteiger partial charge in [0.2, 0.25) is 11.8 Å². The number of hydrogen-bond donors (Lipinski definition) is 0. The van der Waals surface area contributed by atoms with E-state index in [4.69, 9.17) is 0 Å². The van der Waals surface area contributed by atoms with Crippen LogP contribution in [-0.4, -0.2) is 54.3 Å². The van der Waals surface area contributed by atoms with Crippen LogP contribution in [0.4, 0.5) is 5.69 Å². The Hall–Kier alpha value is -3.70. The van der Waals surface area contributed by atoms with Crippen molar-refractivity contribution in [2.45, 2.75) is 37.6 Å². The average Bonchev–Trinajstić information content (AvgIpc) is 3.53. The van der Waals surface area contributed by atoms with Crippen LogP contribution < -0.4 is 4.90 Å². The second-order valence-corrected chi connectivity index (χ2v) is 11.3. The lowest BCUT2D eigenvalue weighted by atomic mass is 9.74. The monoisotopic (exact) mass is 519 g/mol. The molecule has 3 aliphatic rings. The Morgan fingerprint density at radius 2 is 1.59 bits per heavy atom. The number of fused-ring (bicyclic) bond motifs is 2. The van der Waals surface area contributed by atoms with E-state index in [1.807, 2.05) is 70.5 Å². The van der Waals surface area contributed by atoms with Crippen LogP contribution in [0.25, 0.3) is 6.08 Å².